The van der Waals surface area contributed by atoms with Crippen LogP contribution in [0, 0.1) is 11.8 Å². The van der Waals surface area contributed by atoms with E-state index in [0.29, 0.717) is 27.9 Å². The largest absolute Gasteiger partial charge is 0.495 e. The third-order valence-electron chi connectivity index (χ3n) is 6.26. The maximum Gasteiger partial charge on any atom is 0.406 e. The molecule has 0 aliphatic carbocycles. The minimum atomic E-state index is -4.39. The van der Waals surface area contributed by atoms with Crippen LogP contribution in [0.25, 0.3) is 10.9 Å². The van der Waals surface area contributed by atoms with Crippen molar-refractivity contribution in [2.24, 2.45) is 0 Å². The molecule has 0 bridgehead atoms. The van der Waals surface area contributed by atoms with Gasteiger partial charge in [0.2, 0.25) is 0 Å². The second-order valence-electron chi connectivity index (χ2n) is 8.79. The number of benzene rings is 2. The van der Waals surface area contributed by atoms with Gasteiger partial charge < -0.3 is 30.6 Å². The maximum absolute atomic E-state index is 13.5. The number of piperidine rings is 1. The number of aromatic nitrogens is 1. The third-order valence-corrected chi connectivity index (χ3v) is 6.26. The minimum absolute atomic E-state index is 0.170. The van der Waals surface area contributed by atoms with Gasteiger partial charge in [-0.3, -0.25) is 4.79 Å². The van der Waals surface area contributed by atoms with Crippen molar-refractivity contribution in [3.05, 3.63) is 53.7 Å². The first-order chi connectivity index (χ1) is 18.8. The monoisotopic (exact) mass is 543 g/mol. The van der Waals surface area contributed by atoms with Crippen molar-refractivity contribution in [2.45, 2.75) is 45.5 Å². The number of carbonyl (C=O) groups is 1. The van der Waals surface area contributed by atoms with E-state index in [-0.39, 0.29) is 24.2 Å². The Bertz CT molecular complexity index is 1320. The number of alkyl halides is 3. The van der Waals surface area contributed by atoms with Crippen LogP contribution in [0.1, 0.15) is 42.7 Å². The normalized spacial score (nSPS) is 13.5. The van der Waals surface area contributed by atoms with Crippen LogP contribution in [0.3, 0.4) is 0 Å². The number of hydrogen-bond acceptors (Lipinski definition) is 5. The topological polar surface area (TPSA) is 79.4 Å². The summed E-state index contributed by atoms with van der Waals surface area (Å²) in [6, 6.07) is 12.3. The Hall–Kier alpha value is -3.84. The number of anilines is 2. The van der Waals surface area contributed by atoms with E-state index in [0.717, 1.165) is 31.6 Å². The zero-order valence-electron chi connectivity index (χ0n) is 22.8. The standard InChI is InChI=1S/C27H30F3N5O2.C2H6/c1-31-26(36)18-8-9-23(25(15-18)37-2)33-12-4-5-20-16-21-22(34-19-10-13-32-14-11-19)6-3-7-24(21)35(20)17-27(28,29)30;1-2/h3,6-9,15-16,19,32-34H,10-14,17H2,1-2H3,(H,31,36);1-2H3. The van der Waals surface area contributed by atoms with Gasteiger partial charge >= 0.3 is 6.18 Å². The first kappa shape index (κ1) is 29.7. The summed E-state index contributed by atoms with van der Waals surface area (Å²) in [7, 11) is 3.03. The Balaban J connectivity index is 0.00000205. The number of nitrogens with zero attached hydrogens (tertiary/aromatic N) is 1. The predicted molar refractivity (Wildman–Crippen MR) is 151 cm³/mol. The minimum Gasteiger partial charge on any atom is -0.495 e. The summed E-state index contributed by atoms with van der Waals surface area (Å²) in [6.45, 7) is 4.86. The molecule has 4 N–H and O–H groups in total. The van der Waals surface area contributed by atoms with Gasteiger partial charge in [0.1, 0.15) is 12.3 Å². The van der Waals surface area contributed by atoms with E-state index < -0.39 is 12.7 Å². The van der Waals surface area contributed by atoms with Gasteiger partial charge in [-0.2, -0.15) is 13.2 Å². The summed E-state index contributed by atoms with van der Waals surface area (Å²) in [5.41, 5.74) is 2.65. The Labute approximate surface area is 227 Å². The zero-order valence-corrected chi connectivity index (χ0v) is 22.8. The lowest BCUT2D eigenvalue weighted by Crippen LogP contribution is -2.35. The van der Waals surface area contributed by atoms with E-state index in [2.05, 4.69) is 33.1 Å². The predicted octanol–water partition coefficient (Wildman–Crippen LogP) is 5.23. The first-order valence-corrected chi connectivity index (χ1v) is 13.1. The highest BCUT2D eigenvalue weighted by Crippen LogP contribution is 2.31. The molecule has 1 fully saturated rings. The van der Waals surface area contributed by atoms with Gasteiger partial charge in [0.15, 0.2) is 0 Å². The zero-order chi connectivity index (χ0) is 28.4. The van der Waals surface area contributed by atoms with Gasteiger partial charge in [-0.1, -0.05) is 25.8 Å². The van der Waals surface area contributed by atoms with Crippen molar-refractivity contribution in [2.75, 3.05) is 44.4 Å². The van der Waals surface area contributed by atoms with Gasteiger partial charge in [-0.05, 0) is 68.2 Å². The molecule has 0 unspecified atom stereocenters. The van der Waals surface area contributed by atoms with Gasteiger partial charge in [0, 0.05) is 29.7 Å². The highest BCUT2D eigenvalue weighted by molar-refractivity contribution is 5.95. The smallest absolute Gasteiger partial charge is 0.406 e. The van der Waals surface area contributed by atoms with Crippen LogP contribution < -0.4 is 26.0 Å². The molecule has 1 aromatic heterocycles. The number of carbonyl (C=O) groups excluding carboxylic acids is 1. The third kappa shape index (κ3) is 7.83. The average Bonchev–Trinajstić information content (AvgIpc) is 3.29. The molecule has 2 aromatic carbocycles. The summed E-state index contributed by atoms with van der Waals surface area (Å²) in [6.07, 6.45) is -2.49. The Morgan fingerprint density at radius 3 is 2.54 bits per heavy atom. The quantitative estimate of drug-likeness (QED) is 0.307. The van der Waals surface area contributed by atoms with Crippen molar-refractivity contribution >= 4 is 28.2 Å². The lowest BCUT2D eigenvalue weighted by Gasteiger charge is -2.25. The van der Waals surface area contributed by atoms with Crippen LogP contribution in [0.5, 0.6) is 5.75 Å². The van der Waals surface area contributed by atoms with E-state index in [1.165, 1.54) is 11.7 Å². The molecule has 0 radical (unpaired) electrons. The molecule has 7 nitrogen and oxygen atoms in total. The summed E-state index contributed by atoms with van der Waals surface area (Å²) < 4.78 is 47.0. The van der Waals surface area contributed by atoms with Crippen molar-refractivity contribution in [1.82, 2.24) is 15.2 Å². The number of nitrogens with one attached hydrogen (secondary N) is 4. The van der Waals surface area contributed by atoms with Crippen molar-refractivity contribution in [1.29, 1.82) is 0 Å². The van der Waals surface area contributed by atoms with E-state index in [9.17, 15) is 18.0 Å². The molecule has 0 atom stereocenters. The lowest BCUT2D eigenvalue weighted by atomic mass is 10.1. The molecule has 1 aliphatic heterocycles. The van der Waals surface area contributed by atoms with Crippen molar-refractivity contribution < 1.29 is 22.7 Å². The summed E-state index contributed by atoms with van der Waals surface area (Å²) in [5, 5.41) is 13.2. The van der Waals surface area contributed by atoms with Crippen LogP contribution in [-0.4, -0.2) is 56.5 Å². The molecule has 210 valence electrons. The van der Waals surface area contributed by atoms with Gasteiger partial charge in [-0.25, -0.2) is 0 Å². The highest BCUT2D eigenvalue weighted by Gasteiger charge is 2.30. The molecule has 0 saturated carbocycles. The number of fused-ring (bicyclic) bond motifs is 1. The lowest BCUT2D eigenvalue weighted by molar-refractivity contribution is -0.140. The van der Waals surface area contributed by atoms with E-state index in [1.54, 1.807) is 43.4 Å². The molecule has 1 saturated heterocycles. The maximum atomic E-state index is 13.5. The number of rotatable bonds is 7. The van der Waals surface area contributed by atoms with Gasteiger partial charge in [-0.15, -0.1) is 0 Å². The molecule has 1 amide bonds. The molecule has 3 aromatic rings. The molecule has 2 heterocycles. The van der Waals surface area contributed by atoms with Crippen LogP contribution in [0.4, 0.5) is 24.5 Å². The van der Waals surface area contributed by atoms with Crippen LogP contribution in [0.2, 0.25) is 0 Å². The highest BCUT2D eigenvalue weighted by atomic mass is 19.4. The van der Waals surface area contributed by atoms with E-state index in [1.807, 2.05) is 19.9 Å². The molecule has 4 rings (SSSR count). The number of halogens is 3. The molecule has 10 heteroatoms. The van der Waals surface area contributed by atoms with Crippen LogP contribution in [-0.2, 0) is 6.54 Å². The van der Waals surface area contributed by atoms with Crippen LogP contribution >= 0.6 is 0 Å². The van der Waals surface area contributed by atoms with E-state index >= 15 is 0 Å². The summed E-state index contributed by atoms with van der Waals surface area (Å²) in [5.74, 6) is 6.06. The second-order valence-corrected chi connectivity index (χ2v) is 8.79. The van der Waals surface area contributed by atoms with Gasteiger partial charge in [0.05, 0.1) is 30.6 Å². The number of methoxy groups -OCH3 is 1. The number of ether oxygens (including phenoxy) is 1. The van der Waals surface area contributed by atoms with Crippen molar-refractivity contribution in [3.63, 3.8) is 0 Å². The summed E-state index contributed by atoms with van der Waals surface area (Å²) >= 11 is 0. The Morgan fingerprint density at radius 2 is 1.87 bits per heavy atom. The fourth-order valence-electron chi connectivity index (χ4n) is 4.45. The molecular formula is C29H36F3N5O2. The number of amides is 1. The fraction of sp³-hybridized carbons (Fsp3) is 0.414. The Kier molecular flexibility index (Phi) is 10.5. The second kappa shape index (κ2) is 13.8. The number of hydrogen-bond donors (Lipinski definition) is 4. The molecular weight excluding hydrogens is 507 g/mol. The van der Waals surface area contributed by atoms with Gasteiger partial charge in [0.25, 0.3) is 5.91 Å². The Morgan fingerprint density at radius 1 is 1.13 bits per heavy atom. The SMILES string of the molecule is CC.CNC(=O)c1ccc(NCC#Cc2cc3c(NC4CCNCC4)cccc3n2CC(F)(F)F)c(OC)c1. The molecule has 39 heavy (non-hydrogen) atoms. The van der Waals surface area contributed by atoms with Crippen LogP contribution in [0.15, 0.2) is 42.5 Å². The summed E-state index contributed by atoms with van der Waals surface area (Å²) in [4.78, 5) is 11.9. The molecule has 1 aliphatic rings. The van der Waals surface area contributed by atoms with E-state index in [4.69, 9.17) is 4.74 Å². The average molecular weight is 544 g/mol. The fourth-order valence-corrected chi connectivity index (χ4v) is 4.45. The van der Waals surface area contributed by atoms with Crippen molar-refractivity contribution in [3.8, 4) is 17.6 Å². The molecule has 0 spiro atoms. The first-order valence-electron chi connectivity index (χ1n) is 13.1.